The second-order valence-electron chi connectivity index (χ2n) is 6.16. The Labute approximate surface area is 157 Å². The predicted molar refractivity (Wildman–Crippen MR) is 108 cm³/mol. The van der Waals surface area contributed by atoms with Crippen LogP contribution in [0, 0.1) is 0 Å². The third-order valence-electron chi connectivity index (χ3n) is 4.60. The van der Waals surface area contributed by atoms with Gasteiger partial charge in [-0.2, -0.15) is 0 Å². The van der Waals surface area contributed by atoms with Crippen molar-refractivity contribution < 1.29 is 9.47 Å². The van der Waals surface area contributed by atoms with Crippen molar-refractivity contribution in [3.05, 3.63) is 89.2 Å². The van der Waals surface area contributed by atoms with Crippen LogP contribution in [0.25, 0.3) is 27.7 Å². The number of ether oxygens (including phenoxy) is 2. The van der Waals surface area contributed by atoms with E-state index in [4.69, 9.17) is 9.47 Å². The van der Waals surface area contributed by atoms with Crippen molar-refractivity contribution in [2.24, 2.45) is 0 Å². The van der Waals surface area contributed by atoms with Gasteiger partial charge in [0.05, 0.1) is 19.9 Å². The van der Waals surface area contributed by atoms with E-state index in [0.717, 1.165) is 27.7 Å². The van der Waals surface area contributed by atoms with Crippen LogP contribution in [0.5, 0.6) is 11.5 Å². The first kappa shape index (κ1) is 16.9. The molecule has 4 nitrogen and oxygen atoms in total. The largest absolute Gasteiger partial charge is 0.493 e. The molecule has 0 unspecified atom stereocenters. The molecule has 27 heavy (non-hydrogen) atoms. The van der Waals surface area contributed by atoms with Crippen molar-refractivity contribution in [2.75, 3.05) is 14.2 Å². The summed E-state index contributed by atoms with van der Waals surface area (Å²) in [5, 5.41) is 1.73. The molecule has 0 aliphatic carbocycles. The molecule has 0 amide bonds. The number of rotatable bonds is 4. The van der Waals surface area contributed by atoms with E-state index in [1.165, 1.54) is 0 Å². The van der Waals surface area contributed by atoms with Crippen LogP contribution in [0.2, 0.25) is 0 Å². The van der Waals surface area contributed by atoms with Gasteiger partial charge < -0.3 is 9.47 Å². The number of pyridine rings is 1. The average Bonchev–Trinajstić information content (AvgIpc) is 2.73. The van der Waals surface area contributed by atoms with Crippen LogP contribution < -0.4 is 15.0 Å². The molecule has 134 valence electrons. The molecule has 3 aromatic carbocycles. The molecule has 4 aromatic rings. The summed E-state index contributed by atoms with van der Waals surface area (Å²) in [6.45, 7) is 0. The summed E-state index contributed by atoms with van der Waals surface area (Å²) in [4.78, 5) is 13.1. The minimum Gasteiger partial charge on any atom is -0.493 e. The van der Waals surface area contributed by atoms with Gasteiger partial charge in [-0.1, -0.05) is 48.5 Å². The Balaban J connectivity index is 2.17. The zero-order valence-corrected chi connectivity index (χ0v) is 15.2. The van der Waals surface area contributed by atoms with E-state index in [1.54, 1.807) is 24.9 Å². The lowest BCUT2D eigenvalue weighted by atomic mass is 10.0. The lowest BCUT2D eigenvalue weighted by Gasteiger charge is -2.18. The van der Waals surface area contributed by atoms with Gasteiger partial charge in [-0.25, -0.2) is 0 Å². The molecule has 0 radical (unpaired) electrons. The first-order chi connectivity index (χ1) is 13.2. The van der Waals surface area contributed by atoms with Gasteiger partial charge in [0.1, 0.15) is 0 Å². The molecule has 1 heterocycles. The summed E-state index contributed by atoms with van der Waals surface area (Å²) in [6, 6.07) is 25.0. The first-order valence-electron chi connectivity index (χ1n) is 8.65. The lowest BCUT2D eigenvalue weighted by Crippen LogP contribution is -2.19. The molecule has 0 saturated carbocycles. The summed E-state index contributed by atoms with van der Waals surface area (Å²) in [5.74, 6) is 1.22. The number of aromatic nitrogens is 1. The van der Waals surface area contributed by atoms with Crippen molar-refractivity contribution in [1.82, 2.24) is 4.57 Å². The Hall–Kier alpha value is -3.53. The molecular weight excluding hydrogens is 338 g/mol. The molecule has 0 saturated heterocycles. The van der Waals surface area contributed by atoms with Crippen molar-refractivity contribution in [1.29, 1.82) is 0 Å². The van der Waals surface area contributed by atoms with Gasteiger partial charge in [0.2, 0.25) is 0 Å². The highest BCUT2D eigenvalue weighted by molar-refractivity contribution is 5.97. The monoisotopic (exact) mass is 357 g/mol. The Morgan fingerprint density at radius 1 is 0.741 bits per heavy atom. The Kier molecular flexibility index (Phi) is 4.38. The molecule has 0 bridgehead atoms. The van der Waals surface area contributed by atoms with Crippen LogP contribution in [0.3, 0.4) is 0 Å². The number of hydrogen-bond acceptors (Lipinski definition) is 3. The average molecular weight is 357 g/mol. The highest BCUT2D eigenvalue weighted by Gasteiger charge is 2.16. The summed E-state index contributed by atoms with van der Waals surface area (Å²) >= 11 is 0. The predicted octanol–water partition coefficient (Wildman–Crippen LogP) is 4.67. The van der Waals surface area contributed by atoms with E-state index in [2.05, 4.69) is 0 Å². The Morgan fingerprint density at radius 3 is 1.96 bits per heavy atom. The maximum absolute atomic E-state index is 13.1. The summed E-state index contributed by atoms with van der Waals surface area (Å²) in [6.07, 6.45) is 0. The smallest absolute Gasteiger partial charge is 0.256 e. The van der Waals surface area contributed by atoms with Gasteiger partial charge in [0.15, 0.2) is 11.5 Å². The van der Waals surface area contributed by atoms with Crippen LogP contribution in [0.4, 0.5) is 0 Å². The fourth-order valence-electron chi connectivity index (χ4n) is 3.36. The zero-order chi connectivity index (χ0) is 18.8. The topological polar surface area (TPSA) is 40.5 Å². The normalized spacial score (nSPS) is 10.7. The number of nitrogens with zero attached hydrogens (tertiary/aromatic N) is 1. The Bertz CT molecular complexity index is 1150. The SMILES string of the molecule is COc1cc2cc(=O)n(-c3ccccc3)c(-c3ccccc3)c2cc1OC. The standard InChI is InChI=1S/C23H19NO3/c1-26-20-13-17-14-22(25)24(18-11-7-4-8-12-18)23(16-9-5-3-6-10-16)19(17)15-21(20)27-2/h3-15H,1-2H3. The maximum Gasteiger partial charge on any atom is 0.256 e. The van der Waals surface area contributed by atoms with Crippen LogP contribution >= 0.6 is 0 Å². The highest BCUT2D eigenvalue weighted by Crippen LogP contribution is 2.37. The minimum atomic E-state index is -0.0974. The van der Waals surface area contributed by atoms with Gasteiger partial charge in [-0.15, -0.1) is 0 Å². The van der Waals surface area contributed by atoms with Gasteiger partial charge >= 0.3 is 0 Å². The Morgan fingerprint density at radius 2 is 1.33 bits per heavy atom. The molecule has 0 spiro atoms. The van der Waals surface area contributed by atoms with Crippen molar-refractivity contribution in [3.63, 3.8) is 0 Å². The van der Waals surface area contributed by atoms with Gasteiger partial charge in [0.25, 0.3) is 5.56 Å². The van der Waals surface area contributed by atoms with Gasteiger partial charge in [-0.05, 0) is 35.2 Å². The van der Waals surface area contributed by atoms with Crippen LogP contribution in [-0.4, -0.2) is 18.8 Å². The zero-order valence-electron chi connectivity index (χ0n) is 15.2. The minimum absolute atomic E-state index is 0.0974. The van der Waals surface area contributed by atoms with Crippen LogP contribution in [0.1, 0.15) is 0 Å². The molecule has 0 fully saturated rings. The number of methoxy groups -OCH3 is 2. The van der Waals surface area contributed by atoms with Crippen LogP contribution in [-0.2, 0) is 0 Å². The second-order valence-corrected chi connectivity index (χ2v) is 6.16. The fourth-order valence-corrected chi connectivity index (χ4v) is 3.36. The third-order valence-corrected chi connectivity index (χ3v) is 4.60. The third kappa shape index (κ3) is 2.95. The molecule has 0 aliphatic rings. The van der Waals surface area contributed by atoms with E-state index in [1.807, 2.05) is 72.8 Å². The van der Waals surface area contributed by atoms with E-state index >= 15 is 0 Å². The van der Waals surface area contributed by atoms with Crippen molar-refractivity contribution in [2.45, 2.75) is 0 Å². The first-order valence-corrected chi connectivity index (χ1v) is 8.65. The molecule has 4 rings (SSSR count). The summed E-state index contributed by atoms with van der Waals surface area (Å²) < 4.78 is 12.6. The van der Waals surface area contributed by atoms with E-state index < -0.39 is 0 Å². The van der Waals surface area contributed by atoms with E-state index in [9.17, 15) is 4.79 Å². The molecule has 0 N–H and O–H groups in total. The van der Waals surface area contributed by atoms with E-state index in [-0.39, 0.29) is 5.56 Å². The van der Waals surface area contributed by atoms with E-state index in [0.29, 0.717) is 11.5 Å². The van der Waals surface area contributed by atoms with Gasteiger partial charge in [0, 0.05) is 17.1 Å². The van der Waals surface area contributed by atoms with Gasteiger partial charge in [-0.3, -0.25) is 9.36 Å². The molecule has 4 heteroatoms. The number of fused-ring (bicyclic) bond motifs is 1. The molecule has 0 atom stereocenters. The molecular formula is C23H19NO3. The second kappa shape index (κ2) is 7.00. The summed E-state index contributed by atoms with van der Waals surface area (Å²) in [7, 11) is 3.20. The highest BCUT2D eigenvalue weighted by atomic mass is 16.5. The summed E-state index contributed by atoms with van der Waals surface area (Å²) in [5.41, 5.74) is 2.50. The number of hydrogen-bond donors (Lipinski definition) is 0. The quantitative estimate of drug-likeness (QED) is 0.533. The lowest BCUT2D eigenvalue weighted by molar-refractivity contribution is 0.356. The number of para-hydroxylation sites is 1. The number of benzene rings is 3. The van der Waals surface area contributed by atoms with Crippen LogP contribution in [0.15, 0.2) is 83.7 Å². The van der Waals surface area contributed by atoms with Crippen molar-refractivity contribution >= 4 is 10.8 Å². The van der Waals surface area contributed by atoms with Crippen molar-refractivity contribution in [3.8, 4) is 28.4 Å². The molecule has 0 aliphatic heterocycles. The maximum atomic E-state index is 13.1. The molecule has 1 aromatic heterocycles. The fraction of sp³-hybridized carbons (Fsp3) is 0.0870.